The zero-order valence-corrected chi connectivity index (χ0v) is 15.6. The number of aromatic nitrogens is 3. The molecule has 0 aliphatic carbocycles. The molecular weight excluding hydrogens is 350 g/mol. The van der Waals surface area contributed by atoms with Gasteiger partial charge in [-0.15, -0.1) is 0 Å². The summed E-state index contributed by atoms with van der Waals surface area (Å²) >= 11 is 0. The first-order chi connectivity index (χ1) is 13.6. The molecule has 2 N–H and O–H groups in total. The summed E-state index contributed by atoms with van der Waals surface area (Å²) < 4.78 is 0. The van der Waals surface area contributed by atoms with Crippen LogP contribution in [-0.4, -0.2) is 20.9 Å². The second-order valence-corrected chi connectivity index (χ2v) is 6.54. The van der Waals surface area contributed by atoms with E-state index in [1.807, 2.05) is 62.4 Å². The average molecular weight is 369 g/mol. The van der Waals surface area contributed by atoms with Gasteiger partial charge in [0, 0.05) is 23.5 Å². The molecule has 0 fully saturated rings. The lowest BCUT2D eigenvalue weighted by Gasteiger charge is -2.11. The molecule has 2 heterocycles. The fraction of sp³-hybridized carbons (Fsp3) is 0.0909. The van der Waals surface area contributed by atoms with E-state index in [1.54, 1.807) is 18.5 Å². The highest BCUT2D eigenvalue weighted by molar-refractivity contribution is 6.07. The Bertz CT molecular complexity index is 1170. The van der Waals surface area contributed by atoms with E-state index in [1.165, 1.54) is 0 Å². The molecule has 0 spiro atoms. The van der Waals surface area contributed by atoms with Gasteiger partial charge in [0.1, 0.15) is 5.69 Å². The van der Waals surface area contributed by atoms with Crippen LogP contribution in [0.1, 0.15) is 21.6 Å². The van der Waals surface area contributed by atoms with Crippen molar-refractivity contribution in [2.75, 3.05) is 10.6 Å². The van der Waals surface area contributed by atoms with Gasteiger partial charge in [0.2, 0.25) is 5.95 Å². The van der Waals surface area contributed by atoms with E-state index in [2.05, 4.69) is 25.6 Å². The Morgan fingerprint density at radius 1 is 0.893 bits per heavy atom. The van der Waals surface area contributed by atoms with Gasteiger partial charge < -0.3 is 10.6 Å². The molecule has 0 aliphatic heterocycles. The molecule has 1 amide bonds. The van der Waals surface area contributed by atoms with Crippen LogP contribution in [0.25, 0.3) is 10.9 Å². The van der Waals surface area contributed by atoms with Gasteiger partial charge in [0.15, 0.2) is 0 Å². The second kappa shape index (κ2) is 7.44. The van der Waals surface area contributed by atoms with E-state index in [-0.39, 0.29) is 11.6 Å². The van der Waals surface area contributed by atoms with Crippen LogP contribution in [-0.2, 0) is 0 Å². The molecule has 0 bridgehead atoms. The minimum Gasteiger partial charge on any atom is -0.324 e. The van der Waals surface area contributed by atoms with Crippen molar-refractivity contribution in [3.05, 3.63) is 83.8 Å². The molecule has 0 unspecified atom stereocenters. The maximum absolute atomic E-state index is 12.7. The number of benzene rings is 2. The van der Waals surface area contributed by atoms with Crippen molar-refractivity contribution in [3.8, 4) is 0 Å². The molecule has 28 heavy (non-hydrogen) atoms. The minimum absolute atomic E-state index is 0.274. The molecule has 6 nitrogen and oxygen atoms in total. The first-order valence-corrected chi connectivity index (χ1v) is 8.92. The molecule has 0 saturated heterocycles. The fourth-order valence-electron chi connectivity index (χ4n) is 2.93. The number of anilines is 3. The maximum Gasteiger partial charge on any atom is 0.274 e. The molecule has 4 rings (SSSR count). The highest BCUT2D eigenvalue weighted by Crippen LogP contribution is 2.22. The van der Waals surface area contributed by atoms with Gasteiger partial charge in [-0.1, -0.05) is 30.3 Å². The summed E-state index contributed by atoms with van der Waals surface area (Å²) in [4.78, 5) is 25.7. The molecule has 4 aromatic rings. The van der Waals surface area contributed by atoms with Crippen molar-refractivity contribution in [1.29, 1.82) is 0 Å². The van der Waals surface area contributed by atoms with Crippen LogP contribution >= 0.6 is 0 Å². The summed E-state index contributed by atoms with van der Waals surface area (Å²) in [6, 6.07) is 17.2. The lowest BCUT2D eigenvalue weighted by Crippen LogP contribution is -2.15. The molecule has 0 atom stereocenters. The Balaban J connectivity index is 1.58. The van der Waals surface area contributed by atoms with Crippen LogP contribution in [0.5, 0.6) is 0 Å². The highest BCUT2D eigenvalue weighted by Gasteiger charge is 2.12. The second-order valence-electron chi connectivity index (χ2n) is 6.54. The maximum atomic E-state index is 12.7. The first kappa shape index (κ1) is 17.6. The Labute approximate surface area is 162 Å². The van der Waals surface area contributed by atoms with Crippen LogP contribution in [0, 0.1) is 13.8 Å². The molecule has 2 aromatic heterocycles. The summed E-state index contributed by atoms with van der Waals surface area (Å²) in [6.07, 6.45) is 3.27. The van der Waals surface area contributed by atoms with Gasteiger partial charge >= 0.3 is 0 Å². The Hall–Kier alpha value is -3.80. The molecule has 138 valence electrons. The van der Waals surface area contributed by atoms with Crippen LogP contribution in [0.15, 0.2) is 67.0 Å². The monoisotopic (exact) mass is 369 g/mol. The van der Waals surface area contributed by atoms with Gasteiger partial charge in [-0.2, -0.15) is 0 Å². The van der Waals surface area contributed by atoms with Crippen molar-refractivity contribution in [1.82, 2.24) is 15.0 Å². The molecule has 0 aliphatic rings. The molecule has 2 aromatic carbocycles. The van der Waals surface area contributed by atoms with E-state index in [0.717, 1.165) is 27.7 Å². The van der Waals surface area contributed by atoms with Crippen molar-refractivity contribution < 1.29 is 4.79 Å². The predicted octanol–water partition coefficient (Wildman–Crippen LogP) is 4.64. The standard InChI is InChI=1S/C22H19N5O/c1-14-8-9-15(2)19(13-14)27-22-24-12-10-18(26-22)21(28)25-17-7-3-5-16-6-4-11-23-20(16)17/h3-13H,1-2H3,(H,25,28)(H,24,26,27). The van der Waals surface area contributed by atoms with E-state index < -0.39 is 0 Å². The third kappa shape index (κ3) is 3.66. The van der Waals surface area contributed by atoms with E-state index >= 15 is 0 Å². The van der Waals surface area contributed by atoms with Crippen LogP contribution < -0.4 is 10.6 Å². The van der Waals surface area contributed by atoms with Crippen molar-refractivity contribution in [2.24, 2.45) is 0 Å². The zero-order chi connectivity index (χ0) is 19.5. The fourth-order valence-corrected chi connectivity index (χ4v) is 2.93. The number of para-hydroxylation sites is 1. The third-order valence-electron chi connectivity index (χ3n) is 4.41. The Morgan fingerprint density at radius 2 is 1.75 bits per heavy atom. The number of hydrogen-bond acceptors (Lipinski definition) is 5. The molecular formula is C22H19N5O. The summed E-state index contributed by atoms with van der Waals surface area (Å²) in [5.74, 6) is 0.0574. The zero-order valence-electron chi connectivity index (χ0n) is 15.6. The van der Waals surface area contributed by atoms with E-state index in [0.29, 0.717) is 11.6 Å². The van der Waals surface area contributed by atoms with Crippen molar-refractivity contribution in [2.45, 2.75) is 13.8 Å². The summed E-state index contributed by atoms with van der Waals surface area (Å²) in [6.45, 7) is 4.03. The largest absolute Gasteiger partial charge is 0.324 e. The number of amides is 1. The van der Waals surface area contributed by atoms with Crippen LogP contribution in [0.3, 0.4) is 0 Å². The number of aryl methyl sites for hydroxylation is 2. The third-order valence-corrected chi connectivity index (χ3v) is 4.41. The number of hydrogen-bond donors (Lipinski definition) is 2. The van der Waals surface area contributed by atoms with E-state index in [4.69, 9.17) is 0 Å². The summed E-state index contributed by atoms with van der Waals surface area (Å²) in [7, 11) is 0. The first-order valence-electron chi connectivity index (χ1n) is 8.92. The van der Waals surface area contributed by atoms with Crippen LogP contribution in [0.2, 0.25) is 0 Å². The van der Waals surface area contributed by atoms with Crippen molar-refractivity contribution in [3.63, 3.8) is 0 Å². The number of fused-ring (bicyclic) bond motifs is 1. The van der Waals surface area contributed by atoms with Gasteiger partial charge in [0.05, 0.1) is 11.2 Å². The topological polar surface area (TPSA) is 79.8 Å². The quantitative estimate of drug-likeness (QED) is 0.548. The normalized spacial score (nSPS) is 10.6. The summed E-state index contributed by atoms with van der Waals surface area (Å²) in [5.41, 5.74) is 4.77. The Kier molecular flexibility index (Phi) is 4.68. The lowest BCUT2D eigenvalue weighted by molar-refractivity contribution is 0.102. The van der Waals surface area contributed by atoms with Crippen molar-refractivity contribution >= 4 is 34.1 Å². The van der Waals surface area contributed by atoms with Crippen LogP contribution in [0.4, 0.5) is 17.3 Å². The average Bonchev–Trinajstić information content (AvgIpc) is 2.71. The molecule has 6 heteroatoms. The molecule has 0 saturated carbocycles. The lowest BCUT2D eigenvalue weighted by atomic mass is 10.1. The molecule has 0 radical (unpaired) electrons. The highest BCUT2D eigenvalue weighted by atomic mass is 16.1. The Morgan fingerprint density at radius 3 is 2.64 bits per heavy atom. The smallest absolute Gasteiger partial charge is 0.274 e. The van der Waals surface area contributed by atoms with E-state index in [9.17, 15) is 4.79 Å². The minimum atomic E-state index is -0.315. The van der Waals surface area contributed by atoms with Gasteiger partial charge in [-0.3, -0.25) is 9.78 Å². The number of nitrogens with one attached hydrogen (secondary N) is 2. The number of carbonyl (C=O) groups excluding carboxylic acids is 1. The number of nitrogens with zero attached hydrogens (tertiary/aromatic N) is 3. The SMILES string of the molecule is Cc1ccc(C)c(Nc2nccc(C(=O)Nc3cccc4cccnc34)n2)c1. The number of rotatable bonds is 4. The number of carbonyl (C=O) groups is 1. The number of pyridine rings is 1. The van der Waals surface area contributed by atoms with Gasteiger partial charge in [-0.05, 0) is 49.2 Å². The van der Waals surface area contributed by atoms with Gasteiger partial charge in [-0.25, -0.2) is 9.97 Å². The van der Waals surface area contributed by atoms with Gasteiger partial charge in [0.25, 0.3) is 5.91 Å². The predicted molar refractivity (Wildman–Crippen MR) is 111 cm³/mol. The summed E-state index contributed by atoms with van der Waals surface area (Å²) in [5, 5.41) is 7.04.